The lowest BCUT2D eigenvalue weighted by Crippen LogP contribution is -2.33. The van der Waals surface area contributed by atoms with Gasteiger partial charge in [-0.3, -0.25) is 4.79 Å². The maximum atomic E-state index is 12.0. The Kier molecular flexibility index (Phi) is 3.12. The summed E-state index contributed by atoms with van der Waals surface area (Å²) in [6.45, 7) is 1.91. The molecule has 0 unspecified atom stereocenters. The Morgan fingerprint density at radius 2 is 1.69 bits per heavy atom. The molecule has 0 fully saturated rings. The van der Waals surface area contributed by atoms with Gasteiger partial charge < -0.3 is 4.74 Å². The van der Waals surface area contributed by atoms with Crippen LogP contribution in [0.25, 0.3) is 0 Å². The summed E-state index contributed by atoms with van der Waals surface area (Å²) in [6.07, 6.45) is 0. The first-order chi connectivity index (χ1) is 7.69. The average molecular weight is 252 g/mol. The van der Waals surface area contributed by atoms with E-state index in [4.69, 9.17) is 4.74 Å². The molecular weight excluding hydrogens is 240 g/mol. The molecule has 0 aliphatic heterocycles. The number of carbonyl (C=O) groups excluding carboxylic acids is 1. The van der Waals surface area contributed by atoms with Crippen molar-refractivity contribution >= 4 is 28.6 Å². The number of esters is 1. The lowest BCUT2D eigenvalue weighted by atomic mass is 9.87. The quantitative estimate of drug-likeness (QED) is 0.784. The third kappa shape index (κ3) is 1.68. The molecule has 2 aromatic rings. The van der Waals surface area contributed by atoms with Gasteiger partial charge in [0, 0.05) is 9.75 Å². The molecule has 16 heavy (non-hydrogen) atoms. The maximum absolute atomic E-state index is 12.0. The lowest BCUT2D eigenvalue weighted by molar-refractivity contribution is -0.145. The Balaban J connectivity index is 2.54. The Labute approximate surface area is 103 Å². The van der Waals surface area contributed by atoms with Crippen LogP contribution in [0.5, 0.6) is 0 Å². The molecule has 0 radical (unpaired) electrons. The highest BCUT2D eigenvalue weighted by Gasteiger charge is 2.40. The Bertz CT molecular complexity index is 423. The van der Waals surface area contributed by atoms with Crippen LogP contribution in [0.15, 0.2) is 35.0 Å². The van der Waals surface area contributed by atoms with E-state index >= 15 is 0 Å². The van der Waals surface area contributed by atoms with Crippen LogP contribution in [-0.2, 0) is 14.9 Å². The Morgan fingerprint density at radius 1 is 1.19 bits per heavy atom. The summed E-state index contributed by atoms with van der Waals surface area (Å²) < 4.78 is 4.94. The van der Waals surface area contributed by atoms with Gasteiger partial charge in [-0.2, -0.15) is 0 Å². The lowest BCUT2D eigenvalue weighted by Gasteiger charge is -2.24. The third-order valence-electron chi connectivity index (χ3n) is 2.62. The molecule has 0 saturated carbocycles. The van der Waals surface area contributed by atoms with Gasteiger partial charge in [-0.05, 0) is 29.8 Å². The normalized spacial score (nSPS) is 11.4. The van der Waals surface area contributed by atoms with Crippen LogP contribution in [0.4, 0.5) is 0 Å². The van der Waals surface area contributed by atoms with Gasteiger partial charge in [0.2, 0.25) is 0 Å². The van der Waals surface area contributed by atoms with Gasteiger partial charge in [0.15, 0.2) is 0 Å². The number of methoxy groups -OCH3 is 1. The molecule has 0 N–H and O–H groups in total. The van der Waals surface area contributed by atoms with Crippen molar-refractivity contribution in [1.82, 2.24) is 0 Å². The summed E-state index contributed by atoms with van der Waals surface area (Å²) in [5, 5.41) is 3.95. The van der Waals surface area contributed by atoms with E-state index in [9.17, 15) is 4.79 Å². The van der Waals surface area contributed by atoms with Gasteiger partial charge in [-0.1, -0.05) is 12.1 Å². The van der Waals surface area contributed by atoms with E-state index in [2.05, 4.69) is 0 Å². The average Bonchev–Trinajstić information content (AvgIpc) is 2.98. The minimum Gasteiger partial charge on any atom is -0.468 e. The van der Waals surface area contributed by atoms with E-state index in [-0.39, 0.29) is 5.97 Å². The van der Waals surface area contributed by atoms with Crippen LogP contribution < -0.4 is 0 Å². The molecule has 0 aliphatic carbocycles. The largest absolute Gasteiger partial charge is 0.468 e. The number of hydrogen-bond donors (Lipinski definition) is 0. The van der Waals surface area contributed by atoms with Crippen molar-refractivity contribution < 1.29 is 9.53 Å². The summed E-state index contributed by atoms with van der Waals surface area (Å²) in [5.41, 5.74) is -0.670. The molecule has 2 rings (SSSR count). The first kappa shape index (κ1) is 11.4. The van der Waals surface area contributed by atoms with Crippen molar-refractivity contribution in [2.24, 2.45) is 0 Å². The van der Waals surface area contributed by atoms with E-state index in [1.165, 1.54) is 7.11 Å². The van der Waals surface area contributed by atoms with Crippen molar-refractivity contribution in [2.45, 2.75) is 12.3 Å². The molecule has 4 heteroatoms. The van der Waals surface area contributed by atoms with Crippen molar-refractivity contribution in [1.29, 1.82) is 0 Å². The topological polar surface area (TPSA) is 26.3 Å². The number of ether oxygens (including phenoxy) is 1. The molecule has 0 spiro atoms. The second-order valence-electron chi connectivity index (χ2n) is 3.57. The van der Waals surface area contributed by atoms with Gasteiger partial charge >= 0.3 is 5.97 Å². The fourth-order valence-electron chi connectivity index (χ4n) is 1.65. The van der Waals surface area contributed by atoms with Gasteiger partial charge in [0.25, 0.3) is 0 Å². The first-order valence-corrected chi connectivity index (χ1v) is 6.62. The van der Waals surface area contributed by atoms with Crippen molar-refractivity contribution in [3.05, 3.63) is 44.8 Å². The van der Waals surface area contributed by atoms with E-state index in [1.54, 1.807) is 22.7 Å². The summed E-state index contributed by atoms with van der Waals surface area (Å²) in [4.78, 5) is 14.1. The Hall–Kier alpha value is -1.13. The number of carbonyl (C=O) groups is 1. The maximum Gasteiger partial charge on any atom is 0.322 e. The highest BCUT2D eigenvalue weighted by Crippen LogP contribution is 2.38. The summed E-state index contributed by atoms with van der Waals surface area (Å²) in [6, 6.07) is 7.85. The molecule has 0 saturated heterocycles. The van der Waals surface area contributed by atoms with Crippen LogP contribution in [-0.4, -0.2) is 13.1 Å². The number of hydrogen-bond acceptors (Lipinski definition) is 4. The second kappa shape index (κ2) is 4.39. The summed E-state index contributed by atoms with van der Waals surface area (Å²) >= 11 is 3.16. The van der Waals surface area contributed by atoms with E-state index in [1.807, 2.05) is 41.9 Å². The van der Waals surface area contributed by atoms with Crippen LogP contribution in [0.1, 0.15) is 16.7 Å². The zero-order valence-corrected chi connectivity index (χ0v) is 10.7. The SMILES string of the molecule is COC(=O)C(C)(c1cccs1)c1cccs1. The van der Waals surface area contributed by atoms with E-state index in [0.717, 1.165) is 9.75 Å². The highest BCUT2D eigenvalue weighted by atomic mass is 32.1. The molecule has 2 nitrogen and oxygen atoms in total. The van der Waals surface area contributed by atoms with Crippen LogP contribution in [0.2, 0.25) is 0 Å². The van der Waals surface area contributed by atoms with Crippen molar-refractivity contribution in [2.75, 3.05) is 7.11 Å². The fourth-order valence-corrected chi connectivity index (χ4v) is 3.50. The third-order valence-corrected chi connectivity index (χ3v) is 4.80. The van der Waals surface area contributed by atoms with E-state index < -0.39 is 5.41 Å². The molecule has 2 aromatic heterocycles. The smallest absolute Gasteiger partial charge is 0.322 e. The molecular formula is C12H12O2S2. The predicted molar refractivity (Wildman–Crippen MR) is 67.1 cm³/mol. The van der Waals surface area contributed by atoms with Gasteiger partial charge in [0.1, 0.15) is 5.41 Å². The monoisotopic (exact) mass is 252 g/mol. The van der Waals surface area contributed by atoms with E-state index in [0.29, 0.717) is 0 Å². The molecule has 2 heterocycles. The van der Waals surface area contributed by atoms with Crippen LogP contribution >= 0.6 is 22.7 Å². The van der Waals surface area contributed by atoms with Crippen molar-refractivity contribution in [3.8, 4) is 0 Å². The molecule has 84 valence electrons. The molecule has 0 bridgehead atoms. The zero-order chi connectivity index (χ0) is 11.6. The van der Waals surface area contributed by atoms with Crippen molar-refractivity contribution in [3.63, 3.8) is 0 Å². The predicted octanol–water partition coefficient (Wildman–Crippen LogP) is 3.29. The van der Waals surface area contributed by atoms with Gasteiger partial charge in [0.05, 0.1) is 7.11 Å². The standard InChI is InChI=1S/C12H12O2S2/c1-12(11(13)14-2,9-5-3-7-15-9)10-6-4-8-16-10/h3-8H,1-2H3. The molecule has 0 aromatic carbocycles. The molecule has 0 aliphatic rings. The minimum absolute atomic E-state index is 0.211. The Morgan fingerprint density at radius 3 is 2.00 bits per heavy atom. The minimum atomic E-state index is -0.670. The van der Waals surface area contributed by atoms with Crippen LogP contribution in [0, 0.1) is 0 Å². The number of thiophene rings is 2. The molecule has 0 atom stereocenters. The number of rotatable bonds is 3. The first-order valence-electron chi connectivity index (χ1n) is 4.86. The van der Waals surface area contributed by atoms with Gasteiger partial charge in [-0.15, -0.1) is 22.7 Å². The summed E-state index contributed by atoms with van der Waals surface area (Å²) in [7, 11) is 1.43. The molecule has 0 amide bonds. The zero-order valence-electron chi connectivity index (χ0n) is 9.10. The highest BCUT2D eigenvalue weighted by molar-refractivity contribution is 7.12. The fraction of sp³-hybridized carbons (Fsp3) is 0.250. The summed E-state index contributed by atoms with van der Waals surface area (Å²) in [5.74, 6) is -0.211. The second-order valence-corrected chi connectivity index (χ2v) is 5.47. The van der Waals surface area contributed by atoms with Crippen LogP contribution in [0.3, 0.4) is 0 Å². The van der Waals surface area contributed by atoms with Gasteiger partial charge in [-0.25, -0.2) is 0 Å².